The Morgan fingerprint density at radius 3 is 1.82 bits per heavy atom. The third-order valence-electron chi connectivity index (χ3n) is 10.8. The Bertz CT molecular complexity index is 1840. The van der Waals surface area contributed by atoms with Gasteiger partial charge in [-0.3, -0.25) is 43.3 Å². The van der Waals surface area contributed by atoms with Gasteiger partial charge in [0.25, 0.3) is 0 Å². The lowest BCUT2D eigenvalue weighted by atomic mass is 10.0. The third kappa shape index (κ3) is 19.4. The molecule has 66 heavy (non-hydrogen) atoms. The summed E-state index contributed by atoms with van der Waals surface area (Å²) in [5.74, 6) is -6.51. The summed E-state index contributed by atoms with van der Waals surface area (Å²) in [5, 5.41) is 27.8. The maximum absolute atomic E-state index is 14.2. The number of carbonyl (C=O) groups excluding carboxylic acids is 8. The van der Waals surface area contributed by atoms with E-state index in [1.165, 1.54) is 25.7 Å². The number of nitrogens with one attached hydrogen (secondary N) is 7. The molecule has 0 saturated carbocycles. The van der Waals surface area contributed by atoms with E-state index in [1.807, 2.05) is 44.2 Å². The van der Waals surface area contributed by atoms with Crippen molar-refractivity contribution in [2.75, 3.05) is 19.6 Å². The maximum Gasteiger partial charge on any atom is 0.326 e. The quantitative estimate of drug-likeness (QED) is 0.0257. The minimum atomic E-state index is -1.29. The molecule has 1 heterocycles. The molecule has 0 radical (unpaired) electrons. The zero-order valence-corrected chi connectivity index (χ0v) is 39.0. The van der Waals surface area contributed by atoms with Gasteiger partial charge in [-0.1, -0.05) is 51.1 Å². The molecule has 22 nitrogen and oxygen atoms in total. The molecule has 0 aromatic heterocycles. The number of amides is 8. The van der Waals surface area contributed by atoms with Crippen LogP contribution in [-0.2, 0) is 49.6 Å². The van der Waals surface area contributed by atoms with Crippen LogP contribution in [-0.4, -0.2) is 137 Å². The van der Waals surface area contributed by atoms with Gasteiger partial charge in [-0.2, -0.15) is 0 Å². The fraction of sp³-hybridized carbons (Fsp3) is 0.636. The first-order valence-corrected chi connectivity index (χ1v) is 22.6. The minimum absolute atomic E-state index is 0.0209. The molecule has 8 atom stereocenters. The summed E-state index contributed by atoms with van der Waals surface area (Å²) in [6.45, 7) is 10.1. The number of aliphatic carboxylic acids is 1. The average molecular weight is 929 g/mol. The molecule has 1 aliphatic heterocycles. The van der Waals surface area contributed by atoms with E-state index >= 15 is 0 Å². The van der Waals surface area contributed by atoms with Crippen LogP contribution in [0.15, 0.2) is 35.3 Å². The fourth-order valence-electron chi connectivity index (χ4n) is 7.27. The van der Waals surface area contributed by atoms with Crippen molar-refractivity contribution in [3.05, 3.63) is 35.9 Å². The number of aliphatic imine (C=N–C) groups is 1. The van der Waals surface area contributed by atoms with Crippen LogP contribution >= 0.6 is 0 Å². The second-order valence-electron chi connectivity index (χ2n) is 16.9. The van der Waals surface area contributed by atoms with Crippen LogP contribution in [0.5, 0.6) is 0 Å². The van der Waals surface area contributed by atoms with Gasteiger partial charge in [0.2, 0.25) is 47.3 Å². The Hall–Kier alpha value is -6.32. The monoisotopic (exact) mass is 929 g/mol. The molecule has 0 bridgehead atoms. The molecule has 8 amide bonds. The molecule has 0 spiro atoms. The van der Waals surface area contributed by atoms with E-state index in [0.29, 0.717) is 32.2 Å². The second kappa shape index (κ2) is 28.6. The first-order chi connectivity index (χ1) is 31.2. The second-order valence-corrected chi connectivity index (χ2v) is 16.9. The topological polar surface area (TPSA) is 352 Å². The summed E-state index contributed by atoms with van der Waals surface area (Å²) >= 11 is 0. The first kappa shape index (κ1) is 55.8. The molecule has 368 valence electrons. The molecule has 1 aromatic carbocycles. The van der Waals surface area contributed by atoms with Crippen LogP contribution in [0.3, 0.4) is 0 Å². The van der Waals surface area contributed by atoms with Crippen LogP contribution in [0.25, 0.3) is 0 Å². The summed E-state index contributed by atoms with van der Waals surface area (Å²) in [6.07, 6.45) is 2.82. The van der Waals surface area contributed by atoms with E-state index in [1.54, 1.807) is 6.92 Å². The van der Waals surface area contributed by atoms with Crippen molar-refractivity contribution in [3.8, 4) is 0 Å². The van der Waals surface area contributed by atoms with Crippen LogP contribution in [0.2, 0.25) is 0 Å². The Labute approximate surface area is 386 Å². The molecule has 2 rings (SSSR count). The highest BCUT2D eigenvalue weighted by atomic mass is 16.4. The van der Waals surface area contributed by atoms with E-state index in [9.17, 15) is 48.3 Å². The number of unbranched alkanes of at least 4 members (excludes halogenated alkanes) is 1. The zero-order valence-electron chi connectivity index (χ0n) is 39.0. The summed E-state index contributed by atoms with van der Waals surface area (Å²) in [7, 11) is 0. The zero-order chi connectivity index (χ0) is 49.5. The summed E-state index contributed by atoms with van der Waals surface area (Å²) in [5.41, 5.74) is 17.1. The van der Waals surface area contributed by atoms with Crippen molar-refractivity contribution in [2.24, 2.45) is 28.1 Å². The summed E-state index contributed by atoms with van der Waals surface area (Å²) < 4.78 is 0. The van der Waals surface area contributed by atoms with Gasteiger partial charge in [-0.15, -0.1) is 0 Å². The predicted molar refractivity (Wildman–Crippen MR) is 246 cm³/mol. The van der Waals surface area contributed by atoms with E-state index in [0.717, 1.165) is 5.56 Å². The van der Waals surface area contributed by atoms with Crippen molar-refractivity contribution in [2.45, 2.75) is 154 Å². The van der Waals surface area contributed by atoms with E-state index < -0.39 is 102 Å². The molecule has 1 aromatic rings. The molecule has 14 N–H and O–H groups in total. The van der Waals surface area contributed by atoms with Crippen LogP contribution < -0.4 is 54.4 Å². The lowest BCUT2D eigenvalue weighted by molar-refractivity contribution is -0.142. The maximum atomic E-state index is 14.2. The van der Waals surface area contributed by atoms with Crippen LogP contribution in [0.4, 0.5) is 0 Å². The summed E-state index contributed by atoms with van der Waals surface area (Å²) in [4.78, 5) is 124. The smallest absolute Gasteiger partial charge is 0.326 e. The molecule has 1 saturated heterocycles. The van der Waals surface area contributed by atoms with Gasteiger partial charge in [0.15, 0.2) is 5.96 Å². The standard InChI is InChI=1S/C44H72N12O10/c1-7-30(38(60)49-27(5)37(59)54-32(43(65)66)18-13-21-48-44(46)47)52-36(58)26(4)50-39(61)33(23-25(2)3)55-41(63)35-19-14-22-56(35)42(64)31(17-11-12-20-45)53-40(62)34(51-28(6)57)24-29-15-9-8-10-16-29/h8-10,15-16,25-27,30-35H,7,11-14,17-24,45H2,1-6H3,(H,49,60)(H,50,61)(H,51,57)(H,52,58)(H,53,62)(H,54,59)(H,55,63)(H,65,66)(H4,46,47,48)/t26-,27+,30-,31-,32-,33-,34-,35-/m0/s1. The van der Waals surface area contributed by atoms with Gasteiger partial charge in [0.1, 0.15) is 48.3 Å². The number of hydrogen-bond acceptors (Lipinski definition) is 11. The Morgan fingerprint density at radius 1 is 0.712 bits per heavy atom. The van der Waals surface area contributed by atoms with Gasteiger partial charge in [-0.05, 0) is 89.7 Å². The minimum Gasteiger partial charge on any atom is -0.480 e. The van der Waals surface area contributed by atoms with E-state index in [4.69, 9.17) is 17.2 Å². The van der Waals surface area contributed by atoms with Crippen molar-refractivity contribution >= 4 is 59.2 Å². The van der Waals surface area contributed by atoms with Crippen molar-refractivity contribution in [3.63, 3.8) is 0 Å². The lowest BCUT2D eigenvalue weighted by Crippen LogP contribution is -2.59. The van der Waals surface area contributed by atoms with E-state index in [-0.39, 0.29) is 63.5 Å². The highest BCUT2D eigenvalue weighted by molar-refractivity contribution is 5.98. The Morgan fingerprint density at radius 2 is 1.27 bits per heavy atom. The molecule has 0 unspecified atom stereocenters. The number of carbonyl (C=O) groups is 9. The number of benzene rings is 1. The van der Waals surface area contributed by atoms with Gasteiger partial charge in [0, 0.05) is 26.4 Å². The molecule has 0 aliphatic carbocycles. The van der Waals surface area contributed by atoms with Crippen molar-refractivity contribution in [1.82, 2.24) is 42.1 Å². The Kier molecular flexibility index (Phi) is 24.1. The third-order valence-corrected chi connectivity index (χ3v) is 10.8. The number of nitrogens with two attached hydrogens (primary N) is 3. The average Bonchev–Trinajstić information content (AvgIpc) is 3.75. The normalized spacial score (nSPS) is 16.5. The van der Waals surface area contributed by atoms with Gasteiger partial charge >= 0.3 is 5.97 Å². The molecular formula is C44H72N12O10. The fourth-order valence-corrected chi connectivity index (χ4v) is 7.27. The lowest BCUT2D eigenvalue weighted by Gasteiger charge is -2.31. The number of likely N-dealkylation sites (tertiary alicyclic amines) is 1. The Balaban J connectivity index is 2.12. The van der Waals surface area contributed by atoms with E-state index in [2.05, 4.69) is 42.2 Å². The van der Waals surface area contributed by atoms with Gasteiger partial charge in [-0.25, -0.2) is 4.79 Å². The largest absolute Gasteiger partial charge is 0.480 e. The summed E-state index contributed by atoms with van der Waals surface area (Å²) in [6, 6.07) is 0.236. The van der Waals surface area contributed by atoms with Crippen LogP contribution in [0, 0.1) is 5.92 Å². The number of hydrogen-bond donors (Lipinski definition) is 11. The highest BCUT2D eigenvalue weighted by Gasteiger charge is 2.40. The molecule has 1 aliphatic rings. The SMILES string of the molecule is CC[C@H](NC(=O)[C@H](C)NC(=O)[C@H](CC(C)C)NC(=O)[C@@H]1CCCN1C(=O)[C@H](CCCCN)NC(=O)[C@H](Cc1ccccc1)NC(C)=O)C(=O)N[C@H](C)C(=O)N[C@@H](CCCN=C(N)N)C(=O)O. The van der Waals surface area contributed by atoms with Crippen LogP contribution in [0.1, 0.15) is 105 Å². The molecule has 1 fully saturated rings. The van der Waals surface area contributed by atoms with Crippen molar-refractivity contribution < 1.29 is 48.3 Å². The predicted octanol–water partition coefficient (Wildman–Crippen LogP) is -1.60. The highest BCUT2D eigenvalue weighted by Crippen LogP contribution is 2.21. The number of carboxylic acid groups (broad SMARTS) is 1. The first-order valence-electron chi connectivity index (χ1n) is 22.6. The van der Waals surface area contributed by atoms with Gasteiger partial charge < -0.3 is 64.4 Å². The number of guanidine groups is 1. The van der Waals surface area contributed by atoms with Crippen molar-refractivity contribution in [1.29, 1.82) is 0 Å². The number of rotatable bonds is 28. The van der Waals surface area contributed by atoms with Gasteiger partial charge in [0.05, 0.1) is 0 Å². The molecular weight excluding hydrogens is 857 g/mol. The number of nitrogens with zero attached hydrogens (tertiary/aromatic N) is 2. The number of carboxylic acids is 1. The molecule has 22 heteroatoms.